The molecule has 3 aromatic rings. The Balaban J connectivity index is 1.10. The van der Waals surface area contributed by atoms with E-state index in [2.05, 4.69) is 25.8 Å². The molecule has 0 spiro atoms. The minimum atomic E-state index is -0.843. The lowest BCUT2D eigenvalue weighted by molar-refractivity contribution is -0.119. The number of likely N-dealkylation sites (tertiary alicyclic amines) is 2. The van der Waals surface area contributed by atoms with E-state index in [0.717, 1.165) is 32.0 Å². The van der Waals surface area contributed by atoms with Gasteiger partial charge >= 0.3 is 12.1 Å². The monoisotopic (exact) mass is 578 g/mol. The van der Waals surface area contributed by atoms with E-state index in [1.807, 2.05) is 0 Å². The van der Waals surface area contributed by atoms with Gasteiger partial charge in [-0.05, 0) is 74.7 Å². The zero-order chi connectivity index (χ0) is 29.5. The topological polar surface area (TPSA) is 116 Å². The van der Waals surface area contributed by atoms with E-state index >= 15 is 0 Å². The number of halogens is 2. The molecular weight excluding hydrogens is 546 g/mol. The van der Waals surface area contributed by atoms with Crippen molar-refractivity contribution in [2.75, 3.05) is 36.8 Å². The van der Waals surface area contributed by atoms with E-state index in [0.29, 0.717) is 24.7 Å². The number of piperidine rings is 1. The first-order valence-electron chi connectivity index (χ1n) is 13.9. The molecule has 1 aromatic heterocycles. The van der Waals surface area contributed by atoms with E-state index in [1.54, 1.807) is 4.90 Å². The number of anilines is 2. The highest BCUT2D eigenvalue weighted by Gasteiger charge is 2.28. The van der Waals surface area contributed by atoms with Gasteiger partial charge in [0.25, 0.3) is 0 Å². The van der Waals surface area contributed by atoms with Crippen LogP contribution in [0.3, 0.4) is 0 Å². The maximum atomic E-state index is 14.8. The number of aromatic nitrogens is 1. The Labute approximate surface area is 242 Å². The van der Waals surface area contributed by atoms with Gasteiger partial charge < -0.3 is 19.9 Å². The van der Waals surface area contributed by atoms with Gasteiger partial charge in [-0.15, -0.1) is 0 Å². The molecule has 220 valence electrons. The van der Waals surface area contributed by atoms with Crippen LogP contribution in [0.15, 0.2) is 60.8 Å². The van der Waals surface area contributed by atoms with Crippen LogP contribution in [-0.2, 0) is 11.2 Å². The first kappa shape index (κ1) is 28.9. The second-order valence-electron chi connectivity index (χ2n) is 10.3. The summed E-state index contributed by atoms with van der Waals surface area (Å²) in [4.78, 5) is 45.5. The first-order valence-corrected chi connectivity index (χ1v) is 13.9. The van der Waals surface area contributed by atoms with Crippen LogP contribution in [0.25, 0.3) is 0 Å². The number of rotatable bonds is 7. The first-order chi connectivity index (χ1) is 20.3. The quantitative estimate of drug-likeness (QED) is 0.358. The molecule has 0 atom stereocenters. The molecule has 0 bridgehead atoms. The second kappa shape index (κ2) is 13.4. The highest BCUT2D eigenvalue weighted by molar-refractivity contribution is 6.01. The zero-order valence-electron chi connectivity index (χ0n) is 22.9. The molecule has 0 unspecified atom stereocenters. The zero-order valence-corrected chi connectivity index (χ0v) is 22.9. The fourth-order valence-corrected chi connectivity index (χ4v) is 5.18. The van der Waals surface area contributed by atoms with Gasteiger partial charge in [0.05, 0.1) is 6.42 Å². The molecule has 0 radical (unpaired) electrons. The summed E-state index contributed by atoms with van der Waals surface area (Å²) >= 11 is 0. The molecule has 2 aliphatic rings. The third-order valence-electron chi connectivity index (χ3n) is 7.32. The number of benzene rings is 2. The summed E-state index contributed by atoms with van der Waals surface area (Å²) in [5, 5.41) is 7.32. The summed E-state index contributed by atoms with van der Waals surface area (Å²) in [6.45, 7) is 3.64. The van der Waals surface area contributed by atoms with E-state index in [9.17, 15) is 23.2 Å². The second-order valence-corrected chi connectivity index (χ2v) is 10.3. The summed E-state index contributed by atoms with van der Waals surface area (Å²) in [5.41, 5.74) is 0.633. The van der Waals surface area contributed by atoms with Crippen LogP contribution < -0.4 is 20.7 Å². The van der Waals surface area contributed by atoms with E-state index in [4.69, 9.17) is 4.74 Å². The van der Waals surface area contributed by atoms with Gasteiger partial charge in [-0.3, -0.25) is 15.4 Å². The lowest BCUT2D eigenvalue weighted by Gasteiger charge is -2.36. The third-order valence-corrected chi connectivity index (χ3v) is 7.32. The molecule has 2 aromatic carbocycles. The molecule has 42 heavy (non-hydrogen) atoms. The molecule has 12 heteroatoms. The number of carbonyl (C=O) groups excluding carboxylic acids is 3. The smallest absolute Gasteiger partial charge is 0.325 e. The van der Waals surface area contributed by atoms with Gasteiger partial charge in [0.2, 0.25) is 5.91 Å². The molecule has 5 rings (SSSR count). The van der Waals surface area contributed by atoms with Crippen molar-refractivity contribution in [2.45, 2.75) is 38.1 Å². The lowest BCUT2D eigenvalue weighted by atomic mass is 10.0. The minimum absolute atomic E-state index is 0.100. The number of nitrogens with zero attached hydrogens (tertiary/aromatic N) is 3. The largest absolute Gasteiger partial charge is 0.454 e. The standard InChI is InChI=1S/C30H32F2N6O4/c31-21-5-3-20(4-6-21)17-28(39)36-29(40)34-22-7-8-26(25(32)18-22)42-24-9-12-33-27(19-24)35-30(41)38-15-10-23(11-16-38)37-13-1-2-14-37/h3-9,12,18-19,23H,1-2,10-11,13-17H2,(H,33,35,41)(H2,34,36,39,40). The Morgan fingerprint density at radius 3 is 2.36 bits per heavy atom. The Morgan fingerprint density at radius 1 is 0.905 bits per heavy atom. The van der Waals surface area contributed by atoms with E-state index in [1.165, 1.54) is 67.6 Å². The Kier molecular flexibility index (Phi) is 9.22. The summed E-state index contributed by atoms with van der Waals surface area (Å²) < 4.78 is 33.4. The average molecular weight is 579 g/mol. The van der Waals surface area contributed by atoms with Gasteiger partial charge in [0, 0.05) is 43.1 Å². The third kappa shape index (κ3) is 7.78. The van der Waals surface area contributed by atoms with Gasteiger partial charge in [0.15, 0.2) is 11.6 Å². The number of nitrogens with one attached hydrogen (secondary N) is 3. The van der Waals surface area contributed by atoms with Crippen LogP contribution in [0.2, 0.25) is 0 Å². The molecule has 10 nitrogen and oxygen atoms in total. The molecule has 0 aliphatic carbocycles. The maximum absolute atomic E-state index is 14.8. The van der Waals surface area contributed by atoms with Crippen molar-refractivity contribution in [2.24, 2.45) is 0 Å². The molecular formula is C30H32F2N6O4. The summed E-state index contributed by atoms with van der Waals surface area (Å²) in [7, 11) is 0. The molecule has 3 N–H and O–H groups in total. The normalized spacial score (nSPS) is 15.7. The summed E-state index contributed by atoms with van der Waals surface area (Å²) in [6.07, 6.45) is 5.71. The van der Waals surface area contributed by atoms with Crippen molar-refractivity contribution in [3.05, 3.63) is 78.0 Å². The number of hydrogen-bond acceptors (Lipinski definition) is 6. The van der Waals surface area contributed by atoms with Crippen molar-refractivity contribution in [3.8, 4) is 11.5 Å². The molecule has 3 heterocycles. The van der Waals surface area contributed by atoms with Crippen LogP contribution >= 0.6 is 0 Å². The van der Waals surface area contributed by atoms with Crippen molar-refractivity contribution >= 4 is 29.5 Å². The fourth-order valence-electron chi connectivity index (χ4n) is 5.18. The number of ether oxygens (including phenoxy) is 1. The SMILES string of the molecule is O=C(Cc1ccc(F)cc1)NC(=O)Nc1ccc(Oc2ccnc(NC(=O)N3CCC(N4CCCC4)CC3)c2)c(F)c1. The number of amides is 5. The summed E-state index contributed by atoms with van der Waals surface area (Å²) in [5.74, 6) is -1.36. The van der Waals surface area contributed by atoms with Crippen LogP contribution in [0.4, 0.5) is 29.9 Å². The Bertz CT molecular complexity index is 1420. The van der Waals surface area contributed by atoms with Crippen LogP contribution in [-0.4, -0.2) is 65.0 Å². The van der Waals surface area contributed by atoms with Crippen molar-refractivity contribution in [1.29, 1.82) is 0 Å². The van der Waals surface area contributed by atoms with Crippen LogP contribution in [0, 0.1) is 11.6 Å². The highest BCUT2D eigenvalue weighted by atomic mass is 19.1. The maximum Gasteiger partial charge on any atom is 0.325 e. The van der Waals surface area contributed by atoms with Crippen LogP contribution in [0.5, 0.6) is 11.5 Å². The van der Waals surface area contributed by atoms with Gasteiger partial charge in [0.1, 0.15) is 17.4 Å². The minimum Gasteiger partial charge on any atom is -0.454 e. The van der Waals surface area contributed by atoms with Gasteiger partial charge in [-0.25, -0.2) is 23.4 Å². The highest BCUT2D eigenvalue weighted by Crippen LogP contribution is 2.28. The molecule has 2 saturated heterocycles. The summed E-state index contributed by atoms with van der Waals surface area (Å²) in [6, 6.07) is 11.6. The number of hydrogen-bond donors (Lipinski definition) is 3. The number of imide groups is 1. The number of pyridine rings is 1. The van der Waals surface area contributed by atoms with Gasteiger partial charge in [-0.2, -0.15) is 0 Å². The Morgan fingerprint density at radius 2 is 1.64 bits per heavy atom. The predicted molar refractivity (Wildman–Crippen MR) is 152 cm³/mol. The van der Waals surface area contributed by atoms with E-state index in [-0.39, 0.29) is 35.5 Å². The molecule has 0 saturated carbocycles. The van der Waals surface area contributed by atoms with Crippen molar-refractivity contribution < 1.29 is 27.9 Å². The van der Waals surface area contributed by atoms with Crippen molar-refractivity contribution in [3.63, 3.8) is 0 Å². The fraction of sp³-hybridized carbons (Fsp3) is 0.333. The van der Waals surface area contributed by atoms with E-state index < -0.39 is 23.6 Å². The Hall–Kier alpha value is -4.58. The molecule has 5 amide bonds. The van der Waals surface area contributed by atoms with Crippen LogP contribution in [0.1, 0.15) is 31.2 Å². The predicted octanol–water partition coefficient (Wildman–Crippen LogP) is 5.14. The molecule has 2 fully saturated rings. The van der Waals surface area contributed by atoms with Gasteiger partial charge in [-0.1, -0.05) is 12.1 Å². The molecule has 2 aliphatic heterocycles. The van der Waals surface area contributed by atoms with Crippen molar-refractivity contribution in [1.82, 2.24) is 20.1 Å². The number of urea groups is 2. The average Bonchev–Trinajstić information content (AvgIpc) is 3.51. The lowest BCUT2D eigenvalue weighted by Crippen LogP contribution is -2.47. The number of carbonyl (C=O) groups is 3.